The van der Waals surface area contributed by atoms with E-state index in [1.165, 1.54) is 5.56 Å². The van der Waals surface area contributed by atoms with E-state index in [2.05, 4.69) is 10.5 Å². The van der Waals surface area contributed by atoms with Crippen LogP contribution in [0.5, 0.6) is 5.75 Å². The molecular weight excluding hydrogens is 212 g/mol. The molecule has 0 aliphatic rings. The zero-order valence-corrected chi connectivity index (χ0v) is 9.38. The molecule has 0 atom stereocenters. The van der Waals surface area contributed by atoms with Crippen LogP contribution in [-0.2, 0) is 6.54 Å². The number of nitrogens with one attached hydrogen (secondary N) is 1. The highest BCUT2D eigenvalue weighted by molar-refractivity contribution is 5.79. The van der Waals surface area contributed by atoms with Gasteiger partial charge in [-0.3, -0.25) is 0 Å². The molecule has 2 aromatic carbocycles. The van der Waals surface area contributed by atoms with E-state index >= 15 is 0 Å². The molecule has 0 amide bonds. The zero-order chi connectivity index (χ0) is 11.9. The minimum absolute atomic E-state index is 0.263. The maximum Gasteiger partial charge on any atom is 0.115 e. The van der Waals surface area contributed by atoms with Gasteiger partial charge in [-0.05, 0) is 35.4 Å². The number of hydrogen-bond donors (Lipinski definition) is 2. The van der Waals surface area contributed by atoms with Crippen LogP contribution < -0.4 is 5.43 Å². The average molecular weight is 226 g/mol. The van der Waals surface area contributed by atoms with Gasteiger partial charge in [0, 0.05) is 0 Å². The topological polar surface area (TPSA) is 44.6 Å². The summed E-state index contributed by atoms with van der Waals surface area (Å²) in [6.45, 7) is 0.704. The third-order valence-electron chi connectivity index (χ3n) is 2.32. The summed E-state index contributed by atoms with van der Waals surface area (Å²) in [5, 5.41) is 13.2. The maximum atomic E-state index is 9.12. The lowest BCUT2D eigenvalue weighted by Gasteiger charge is -1.99. The number of hydrogen-bond acceptors (Lipinski definition) is 3. The Kier molecular flexibility index (Phi) is 3.76. The summed E-state index contributed by atoms with van der Waals surface area (Å²) in [6, 6.07) is 17.0. The van der Waals surface area contributed by atoms with Gasteiger partial charge in [0.15, 0.2) is 0 Å². The van der Waals surface area contributed by atoms with Crippen LogP contribution in [0, 0.1) is 0 Å². The molecule has 0 aromatic heterocycles. The van der Waals surface area contributed by atoms with Crippen molar-refractivity contribution in [2.45, 2.75) is 6.54 Å². The number of benzene rings is 2. The summed E-state index contributed by atoms with van der Waals surface area (Å²) < 4.78 is 0. The highest BCUT2D eigenvalue weighted by Crippen LogP contribution is 2.07. The van der Waals surface area contributed by atoms with Crippen molar-refractivity contribution < 1.29 is 5.11 Å². The molecule has 86 valence electrons. The fourth-order valence-electron chi connectivity index (χ4n) is 1.41. The summed E-state index contributed by atoms with van der Waals surface area (Å²) in [5.74, 6) is 0.263. The molecule has 0 bridgehead atoms. The van der Waals surface area contributed by atoms with Gasteiger partial charge in [0.25, 0.3) is 0 Å². The van der Waals surface area contributed by atoms with Gasteiger partial charge < -0.3 is 10.5 Å². The quantitative estimate of drug-likeness (QED) is 0.621. The summed E-state index contributed by atoms with van der Waals surface area (Å²) >= 11 is 0. The molecule has 0 aliphatic heterocycles. The fraction of sp³-hybridized carbons (Fsp3) is 0.0714. The monoisotopic (exact) mass is 226 g/mol. The van der Waals surface area contributed by atoms with Crippen molar-refractivity contribution in [3.63, 3.8) is 0 Å². The van der Waals surface area contributed by atoms with Crippen molar-refractivity contribution in [1.29, 1.82) is 0 Å². The first-order valence-electron chi connectivity index (χ1n) is 5.43. The summed E-state index contributed by atoms with van der Waals surface area (Å²) in [5.41, 5.74) is 5.11. The van der Waals surface area contributed by atoms with Gasteiger partial charge in [0.2, 0.25) is 0 Å². The summed E-state index contributed by atoms with van der Waals surface area (Å²) in [7, 11) is 0. The van der Waals surface area contributed by atoms with Crippen LogP contribution in [0.4, 0.5) is 0 Å². The molecule has 3 heteroatoms. The minimum atomic E-state index is 0.263. The van der Waals surface area contributed by atoms with Crippen LogP contribution in [0.15, 0.2) is 59.7 Å². The Morgan fingerprint density at radius 2 is 1.71 bits per heavy atom. The SMILES string of the molecule is Oc1ccc(C=NNCc2ccccc2)cc1. The standard InChI is InChI=1S/C14H14N2O/c17-14-8-6-13(7-9-14)11-16-15-10-12-4-2-1-3-5-12/h1-9,11,15,17H,10H2. The van der Waals surface area contributed by atoms with Crippen LogP contribution in [0.25, 0.3) is 0 Å². The second-order valence-corrected chi connectivity index (χ2v) is 3.67. The van der Waals surface area contributed by atoms with E-state index in [0.717, 1.165) is 5.56 Å². The van der Waals surface area contributed by atoms with Gasteiger partial charge in [0.05, 0.1) is 12.8 Å². The second kappa shape index (κ2) is 5.70. The summed E-state index contributed by atoms with van der Waals surface area (Å²) in [4.78, 5) is 0. The Bertz CT molecular complexity index is 477. The van der Waals surface area contributed by atoms with Gasteiger partial charge in [-0.2, -0.15) is 5.10 Å². The molecule has 0 radical (unpaired) electrons. The molecule has 3 nitrogen and oxygen atoms in total. The van der Waals surface area contributed by atoms with Gasteiger partial charge in [-0.15, -0.1) is 0 Å². The Morgan fingerprint density at radius 3 is 2.41 bits per heavy atom. The van der Waals surface area contributed by atoms with Gasteiger partial charge in [-0.25, -0.2) is 0 Å². The Labute approximate surface area is 100 Å². The van der Waals surface area contributed by atoms with Gasteiger partial charge in [0.1, 0.15) is 5.75 Å². The van der Waals surface area contributed by atoms with Crippen molar-refractivity contribution in [2.24, 2.45) is 5.10 Å². The van der Waals surface area contributed by atoms with Gasteiger partial charge >= 0.3 is 0 Å². The third kappa shape index (κ3) is 3.65. The van der Waals surface area contributed by atoms with Crippen molar-refractivity contribution in [3.8, 4) is 5.75 Å². The van der Waals surface area contributed by atoms with E-state index in [1.807, 2.05) is 42.5 Å². The van der Waals surface area contributed by atoms with Gasteiger partial charge in [-0.1, -0.05) is 30.3 Å². The van der Waals surface area contributed by atoms with Crippen molar-refractivity contribution in [2.75, 3.05) is 0 Å². The predicted molar refractivity (Wildman–Crippen MR) is 69.0 cm³/mol. The van der Waals surface area contributed by atoms with Crippen molar-refractivity contribution in [3.05, 3.63) is 65.7 Å². The number of hydrazone groups is 1. The highest BCUT2D eigenvalue weighted by Gasteiger charge is 1.89. The molecule has 0 heterocycles. The molecule has 0 aliphatic carbocycles. The zero-order valence-electron chi connectivity index (χ0n) is 9.38. The predicted octanol–water partition coefficient (Wildman–Crippen LogP) is 2.52. The fourth-order valence-corrected chi connectivity index (χ4v) is 1.41. The summed E-state index contributed by atoms with van der Waals surface area (Å²) in [6.07, 6.45) is 1.72. The number of aromatic hydroxyl groups is 1. The van der Waals surface area contributed by atoms with E-state index in [1.54, 1.807) is 18.3 Å². The lowest BCUT2D eigenvalue weighted by molar-refractivity contribution is 0.475. The highest BCUT2D eigenvalue weighted by atomic mass is 16.3. The van der Waals surface area contributed by atoms with Crippen molar-refractivity contribution >= 4 is 6.21 Å². The Hall–Kier alpha value is -2.29. The van der Waals surface area contributed by atoms with E-state index in [-0.39, 0.29) is 5.75 Å². The van der Waals surface area contributed by atoms with E-state index in [9.17, 15) is 0 Å². The van der Waals surface area contributed by atoms with E-state index in [4.69, 9.17) is 5.11 Å². The number of phenols is 1. The molecule has 0 spiro atoms. The molecule has 2 aromatic rings. The average Bonchev–Trinajstić information content (AvgIpc) is 2.38. The molecule has 17 heavy (non-hydrogen) atoms. The minimum Gasteiger partial charge on any atom is -0.508 e. The molecule has 2 N–H and O–H groups in total. The third-order valence-corrected chi connectivity index (χ3v) is 2.32. The molecule has 0 unspecified atom stereocenters. The Morgan fingerprint density at radius 1 is 1.00 bits per heavy atom. The Balaban J connectivity index is 1.84. The second-order valence-electron chi connectivity index (χ2n) is 3.67. The first kappa shape index (κ1) is 11.2. The first-order chi connectivity index (χ1) is 8.34. The molecular formula is C14H14N2O. The van der Waals surface area contributed by atoms with E-state index in [0.29, 0.717) is 6.54 Å². The largest absolute Gasteiger partial charge is 0.508 e. The van der Waals surface area contributed by atoms with Crippen LogP contribution in [0.3, 0.4) is 0 Å². The van der Waals surface area contributed by atoms with Crippen LogP contribution in [0.1, 0.15) is 11.1 Å². The molecule has 0 saturated carbocycles. The van der Waals surface area contributed by atoms with Crippen LogP contribution >= 0.6 is 0 Å². The number of rotatable bonds is 4. The van der Waals surface area contributed by atoms with Crippen molar-refractivity contribution in [1.82, 2.24) is 5.43 Å². The lowest BCUT2D eigenvalue weighted by atomic mass is 10.2. The smallest absolute Gasteiger partial charge is 0.115 e. The normalized spacial score (nSPS) is 10.6. The molecule has 2 rings (SSSR count). The lowest BCUT2D eigenvalue weighted by Crippen LogP contribution is -2.05. The van der Waals surface area contributed by atoms with Crippen LogP contribution in [0.2, 0.25) is 0 Å². The first-order valence-corrected chi connectivity index (χ1v) is 5.43. The molecule has 0 saturated heterocycles. The van der Waals surface area contributed by atoms with Crippen LogP contribution in [-0.4, -0.2) is 11.3 Å². The maximum absolute atomic E-state index is 9.12. The molecule has 0 fully saturated rings. The number of phenolic OH excluding ortho intramolecular Hbond substituents is 1. The van der Waals surface area contributed by atoms with E-state index < -0.39 is 0 Å². The number of nitrogens with zero attached hydrogens (tertiary/aromatic N) is 1.